The number of nitrogens with zero attached hydrogens (tertiary/aromatic N) is 1. The fourth-order valence-corrected chi connectivity index (χ4v) is 1.63. The molecule has 21 heavy (non-hydrogen) atoms. The van der Waals surface area contributed by atoms with Gasteiger partial charge in [0.2, 0.25) is 5.88 Å². The number of alkyl halides is 3. The lowest BCUT2D eigenvalue weighted by Crippen LogP contribution is -2.05. The van der Waals surface area contributed by atoms with Gasteiger partial charge in [0.15, 0.2) is 0 Å². The summed E-state index contributed by atoms with van der Waals surface area (Å²) in [7, 11) is 0. The molecule has 4 nitrogen and oxygen atoms in total. The molecular formula is C14H10F3NO3. The topological polar surface area (TPSA) is 59.4 Å². The largest absolute Gasteiger partial charge is 0.481 e. The number of aromatic nitrogens is 1. The lowest BCUT2D eigenvalue weighted by molar-refractivity contribution is -0.138. The van der Waals surface area contributed by atoms with Gasteiger partial charge in [0.25, 0.3) is 0 Å². The lowest BCUT2D eigenvalue weighted by atomic mass is 10.1. The van der Waals surface area contributed by atoms with Gasteiger partial charge in [-0.1, -0.05) is 18.2 Å². The average Bonchev–Trinajstić information content (AvgIpc) is 2.40. The van der Waals surface area contributed by atoms with Crippen molar-refractivity contribution in [3.05, 3.63) is 53.7 Å². The van der Waals surface area contributed by atoms with E-state index in [1.165, 1.54) is 6.07 Å². The Hall–Kier alpha value is -2.57. The van der Waals surface area contributed by atoms with Gasteiger partial charge in [-0.15, -0.1) is 0 Å². The first-order valence-electron chi connectivity index (χ1n) is 5.87. The summed E-state index contributed by atoms with van der Waals surface area (Å²) >= 11 is 0. The number of halogens is 3. The summed E-state index contributed by atoms with van der Waals surface area (Å²) in [6.07, 6.45) is -4.06. The molecule has 0 unspecified atom stereocenters. The van der Waals surface area contributed by atoms with E-state index >= 15 is 0 Å². The molecule has 0 bridgehead atoms. The Labute approximate surface area is 117 Å². The van der Waals surface area contributed by atoms with Crippen LogP contribution in [0.2, 0.25) is 0 Å². The number of hydrogen-bond donors (Lipinski definition) is 1. The third-order valence-corrected chi connectivity index (χ3v) is 2.59. The minimum absolute atomic E-state index is 0.0409. The monoisotopic (exact) mass is 297 g/mol. The van der Waals surface area contributed by atoms with Gasteiger partial charge in [-0.2, -0.15) is 13.2 Å². The van der Waals surface area contributed by atoms with Gasteiger partial charge >= 0.3 is 12.1 Å². The molecule has 0 fully saturated rings. The van der Waals surface area contributed by atoms with Crippen molar-refractivity contribution < 1.29 is 27.8 Å². The lowest BCUT2D eigenvalue weighted by Gasteiger charge is -2.10. The molecule has 1 aromatic carbocycles. The van der Waals surface area contributed by atoms with Crippen LogP contribution in [0.1, 0.15) is 11.1 Å². The highest BCUT2D eigenvalue weighted by molar-refractivity contribution is 5.71. The highest BCUT2D eigenvalue weighted by atomic mass is 19.4. The maximum atomic E-state index is 12.4. The molecule has 2 rings (SSSR count). The normalized spacial score (nSPS) is 11.2. The van der Waals surface area contributed by atoms with Gasteiger partial charge in [0, 0.05) is 17.8 Å². The van der Waals surface area contributed by atoms with Crippen LogP contribution in [-0.4, -0.2) is 16.1 Å². The molecule has 0 amide bonds. The van der Waals surface area contributed by atoms with Crippen molar-refractivity contribution >= 4 is 5.97 Å². The van der Waals surface area contributed by atoms with Gasteiger partial charge in [0.05, 0.1) is 12.0 Å². The predicted molar refractivity (Wildman–Crippen MR) is 67.1 cm³/mol. The molecule has 0 aliphatic heterocycles. The second-order valence-electron chi connectivity index (χ2n) is 4.16. The molecule has 0 atom stereocenters. The molecule has 110 valence electrons. The zero-order chi connectivity index (χ0) is 15.5. The van der Waals surface area contributed by atoms with E-state index in [9.17, 15) is 18.0 Å². The van der Waals surface area contributed by atoms with Crippen LogP contribution >= 0.6 is 0 Å². The number of carboxylic acid groups (broad SMARTS) is 1. The second-order valence-corrected chi connectivity index (χ2v) is 4.16. The zero-order valence-electron chi connectivity index (χ0n) is 10.6. The van der Waals surface area contributed by atoms with Crippen LogP contribution in [0.4, 0.5) is 13.2 Å². The van der Waals surface area contributed by atoms with E-state index in [4.69, 9.17) is 9.84 Å². The van der Waals surface area contributed by atoms with Crippen molar-refractivity contribution in [2.24, 2.45) is 0 Å². The van der Waals surface area contributed by atoms with Crippen molar-refractivity contribution in [3.63, 3.8) is 0 Å². The number of rotatable bonds is 4. The van der Waals surface area contributed by atoms with Crippen LogP contribution in [-0.2, 0) is 17.4 Å². The minimum Gasteiger partial charge on any atom is -0.481 e. The standard InChI is InChI=1S/C14H10F3NO3/c15-14(16,17)10-5-6-12(18-8-10)21-11-4-2-1-3-9(11)7-13(19)20/h1-6,8H,7H2,(H,19,20). The van der Waals surface area contributed by atoms with Crippen molar-refractivity contribution in [1.82, 2.24) is 4.98 Å². The molecule has 1 heterocycles. The van der Waals surface area contributed by atoms with E-state index in [0.29, 0.717) is 11.8 Å². The summed E-state index contributed by atoms with van der Waals surface area (Å²) in [5.74, 6) is -0.834. The Morgan fingerprint density at radius 2 is 1.90 bits per heavy atom. The van der Waals surface area contributed by atoms with E-state index in [1.54, 1.807) is 18.2 Å². The summed E-state index contributed by atoms with van der Waals surface area (Å²) in [5.41, 5.74) is -0.472. The Balaban J connectivity index is 2.20. The highest BCUT2D eigenvalue weighted by Gasteiger charge is 2.30. The summed E-state index contributed by atoms with van der Waals surface area (Å²) in [6, 6.07) is 8.30. The number of carboxylic acids is 1. The number of hydrogen-bond acceptors (Lipinski definition) is 3. The Kier molecular flexibility index (Phi) is 4.11. The number of carbonyl (C=O) groups is 1. The van der Waals surface area contributed by atoms with Gasteiger partial charge in [-0.05, 0) is 12.1 Å². The van der Waals surface area contributed by atoms with E-state index in [0.717, 1.165) is 12.1 Å². The van der Waals surface area contributed by atoms with Crippen LogP contribution < -0.4 is 4.74 Å². The van der Waals surface area contributed by atoms with E-state index in [-0.39, 0.29) is 18.1 Å². The predicted octanol–water partition coefficient (Wildman–Crippen LogP) is 3.52. The van der Waals surface area contributed by atoms with E-state index in [2.05, 4.69) is 4.98 Å². The average molecular weight is 297 g/mol. The van der Waals surface area contributed by atoms with Gasteiger partial charge in [-0.3, -0.25) is 4.79 Å². The molecule has 0 aliphatic rings. The fourth-order valence-electron chi connectivity index (χ4n) is 1.63. The van der Waals surface area contributed by atoms with Crippen LogP contribution in [0.5, 0.6) is 11.6 Å². The van der Waals surface area contributed by atoms with Crippen molar-refractivity contribution in [2.45, 2.75) is 12.6 Å². The SMILES string of the molecule is O=C(O)Cc1ccccc1Oc1ccc(C(F)(F)F)cn1. The molecule has 1 N–H and O–H groups in total. The Bertz CT molecular complexity index is 639. The van der Waals surface area contributed by atoms with Crippen LogP contribution in [0, 0.1) is 0 Å². The third-order valence-electron chi connectivity index (χ3n) is 2.59. The third kappa shape index (κ3) is 3.95. The first-order valence-corrected chi connectivity index (χ1v) is 5.87. The minimum atomic E-state index is -4.47. The number of benzene rings is 1. The van der Waals surface area contributed by atoms with Gasteiger partial charge < -0.3 is 9.84 Å². The second kappa shape index (κ2) is 5.82. The molecular weight excluding hydrogens is 287 g/mol. The molecule has 7 heteroatoms. The van der Waals surface area contributed by atoms with Crippen molar-refractivity contribution in [1.29, 1.82) is 0 Å². The smallest absolute Gasteiger partial charge is 0.417 e. The quantitative estimate of drug-likeness (QED) is 0.938. The fraction of sp³-hybridized carbons (Fsp3) is 0.143. The molecule has 0 saturated carbocycles. The first kappa shape index (κ1) is 14.8. The molecule has 0 radical (unpaired) electrons. The summed E-state index contributed by atoms with van der Waals surface area (Å²) in [6.45, 7) is 0. The number of pyridine rings is 1. The summed E-state index contributed by atoms with van der Waals surface area (Å²) in [5, 5.41) is 8.79. The molecule has 0 spiro atoms. The number of aliphatic carboxylic acids is 1. The maximum Gasteiger partial charge on any atom is 0.417 e. The van der Waals surface area contributed by atoms with Crippen LogP contribution in [0.25, 0.3) is 0 Å². The Morgan fingerprint density at radius 1 is 1.19 bits per heavy atom. The van der Waals surface area contributed by atoms with E-state index in [1.807, 2.05) is 0 Å². The van der Waals surface area contributed by atoms with E-state index < -0.39 is 17.7 Å². The zero-order valence-corrected chi connectivity index (χ0v) is 10.6. The molecule has 0 saturated heterocycles. The van der Waals surface area contributed by atoms with Gasteiger partial charge in [-0.25, -0.2) is 4.98 Å². The maximum absolute atomic E-state index is 12.4. The Morgan fingerprint density at radius 3 is 2.48 bits per heavy atom. The molecule has 2 aromatic rings. The van der Waals surface area contributed by atoms with Crippen LogP contribution in [0.15, 0.2) is 42.6 Å². The van der Waals surface area contributed by atoms with Crippen molar-refractivity contribution in [2.75, 3.05) is 0 Å². The number of para-hydroxylation sites is 1. The summed E-state index contributed by atoms with van der Waals surface area (Å²) < 4.78 is 42.6. The summed E-state index contributed by atoms with van der Waals surface area (Å²) in [4.78, 5) is 14.3. The van der Waals surface area contributed by atoms with Crippen molar-refractivity contribution in [3.8, 4) is 11.6 Å². The highest BCUT2D eigenvalue weighted by Crippen LogP contribution is 2.30. The molecule has 0 aliphatic carbocycles. The van der Waals surface area contributed by atoms with Gasteiger partial charge in [0.1, 0.15) is 5.75 Å². The number of ether oxygens (including phenoxy) is 1. The first-order chi connectivity index (χ1) is 9.86. The van der Waals surface area contributed by atoms with Crippen LogP contribution in [0.3, 0.4) is 0 Å². The molecule has 1 aromatic heterocycles.